The van der Waals surface area contributed by atoms with Gasteiger partial charge in [-0.05, 0) is 37.7 Å². The quantitative estimate of drug-likeness (QED) is 0.502. The fourth-order valence-electron chi connectivity index (χ4n) is 2.47. The first-order chi connectivity index (χ1) is 9.99. The highest BCUT2D eigenvalue weighted by Gasteiger charge is 2.26. The Morgan fingerprint density at radius 3 is 2.76 bits per heavy atom. The number of nitrogens with zero attached hydrogens (tertiary/aromatic N) is 2. The standard InChI is InChI=1S/C13H16ClN3O4/c14-12-11(17(20)21)10(5-6-15-12)13(19)16-7-8-1-3-9(18)4-2-8/h5-6,8-9,18H,1-4,7H2,(H,16,19). The van der Waals surface area contributed by atoms with Crippen LogP contribution in [0.25, 0.3) is 0 Å². The number of amides is 1. The van der Waals surface area contributed by atoms with E-state index in [2.05, 4.69) is 10.3 Å². The van der Waals surface area contributed by atoms with E-state index in [1.165, 1.54) is 12.3 Å². The van der Waals surface area contributed by atoms with Gasteiger partial charge in [-0.15, -0.1) is 0 Å². The van der Waals surface area contributed by atoms with Crippen LogP contribution in [0.2, 0.25) is 5.15 Å². The zero-order valence-electron chi connectivity index (χ0n) is 11.3. The van der Waals surface area contributed by atoms with Crippen LogP contribution in [0.3, 0.4) is 0 Å². The average molecular weight is 314 g/mol. The molecule has 0 aromatic carbocycles. The summed E-state index contributed by atoms with van der Waals surface area (Å²) in [4.78, 5) is 26.0. The lowest BCUT2D eigenvalue weighted by Gasteiger charge is -2.25. The van der Waals surface area contributed by atoms with Crippen molar-refractivity contribution in [2.45, 2.75) is 31.8 Å². The van der Waals surface area contributed by atoms with E-state index < -0.39 is 16.5 Å². The fourth-order valence-corrected chi connectivity index (χ4v) is 2.69. The molecule has 1 saturated carbocycles. The Hall–Kier alpha value is -1.73. The van der Waals surface area contributed by atoms with E-state index >= 15 is 0 Å². The first kappa shape index (κ1) is 15.7. The van der Waals surface area contributed by atoms with Crippen LogP contribution in [0.4, 0.5) is 5.69 Å². The first-order valence-corrected chi connectivity index (χ1v) is 7.12. The summed E-state index contributed by atoms with van der Waals surface area (Å²) in [7, 11) is 0. The molecule has 0 spiro atoms. The van der Waals surface area contributed by atoms with Crippen molar-refractivity contribution in [1.82, 2.24) is 10.3 Å². The molecule has 1 heterocycles. The van der Waals surface area contributed by atoms with E-state index in [1.54, 1.807) is 0 Å². The largest absolute Gasteiger partial charge is 0.393 e. The van der Waals surface area contributed by atoms with Crippen LogP contribution in [0.5, 0.6) is 0 Å². The Balaban J connectivity index is 2.01. The molecule has 1 aromatic rings. The zero-order chi connectivity index (χ0) is 15.4. The van der Waals surface area contributed by atoms with E-state index in [9.17, 15) is 20.0 Å². The Labute approximate surface area is 126 Å². The molecule has 8 heteroatoms. The smallest absolute Gasteiger partial charge is 0.319 e. The van der Waals surface area contributed by atoms with Gasteiger partial charge in [0.1, 0.15) is 5.56 Å². The summed E-state index contributed by atoms with van der Waals surface area (Å²) in [6.07, 6.45) is 4.13. The van der Waals surface area contributed by atoms with Gasteiger partial charge >= 0.3 is 5.69 Å². The molecule has 1 aliphatic rings. The third-order valence-electron chi connectivity index (χ3n) is 3.67. The third kappa shape index (κ3) is 3.89. The molecular formula is C13H16ClN3O4. The molecular weight excluding hydrogens is 298 g/mol. The Bertz CT molecular complexity index is 544. The van der Waals surface area contributed by atoms with E-state index in [1.807, 2.05) is 0 Å². The van der Waals surface area contributed by atoms with Crippen LogP contribution >= 0.6 is 11.6 Å². The van der Waals surface area contributed by atoms with Gasteiger partial charge in [0.05, 0.1) is 11.0 Å². The number of aromatic nitrogens is 1. The second kappa shape index (κ2) is 6.82. The fraction of sp³-hybridized carbons (Fsp3) is 0.538. The summed E-state index contributed by atoms with van der Waals surface area (Å²) in [6, 6.07) is 1.28. The number of nitrogens with one attached hydrogen (secondary N) is 1. The van der Waals surface area contributed by atoms with Crippen molar-refractivity contribution < 1.29 is 14.8 Å². The van der Waals surface area contributed by atoms with E-state index in [-0.39, 0.29) is 22.7 Å². The summed E-state index contributed by atoms with van der Waals surface area (Å²) in [5.41, 5.74) is -0.563. The Kier molecular flexibility index (Phi) is 5.08. The summed E-state index contributed by atoms with van der Waals surface area (Å²) >= 11 is 5.67. The van der Waals surface area contributed by atoms with E-state index in [4.69, 9.17) is 11.6 Å². The lowest BCUT2D eigenvalue weighted by atomic mass is 9.87. The number of hydrogen-bond donors (Lipinski definition) is 2. The number of nitro groups is 1. The van der Waals surface area contributed by atoms with Crippen molar-refractivity contribution in [3.63, 3.8) is 0 Å². The number of carbonyl (C=O) groups is 1. The molecule has 0 bridgehead atoms. The lowest BCUT2D eigenvalue weighted by Crippen LogP contribution is -2.32. The van der Waals surface area contributed by atoms with Crippen LogP contribution in [-0.4, -0.2) is 33.6 Å². The molecule has 0 radical (unpaired) electrons. The summed E-state index contributed by atoms with van der Waals surface area (Å²) in [5, 5.41) is 22.8. The number of aliphatic hydroxyl groups excluding tert-OH is 1. The Morgan fingerprint density at radius 1 is 1.48 bits per heavy atom. The molecule has 21 heavy (non-hydrogen) atoms. The van der Waals surface area contributed by atoms with Crippen molar-refractivity contribution in [1.29, 1.82) is 0 Å². The molecule has 2 N–H and O–H groups in total. The van der Waals surface area contributed by atoms with Gasteiger partial charge in [-0.3, -0.25) is 14.9 Å². The van der Waals surface area contributed by atoms with Crippen molar-refractivity contribution in [3.05, 3.63) is 33.1 Å². The molecule has 0 atom stereocenters. The number of carbonyl (C=O) groups excluding carboxylic acids is 1. The van der Waals surface area contributed by atoms with Crippen molar-refractivity contribution >= 4 is 23.2 Å². The van der Waals surface area contributed by atoms with Crippen LogP contribution in [0.1, 0.15) is 36.0 Å². The second-order valence-electron chi connectivity index (χ2n) is 5.14. The maximum Gasteiger partial charge on any atom is 0.319 e. The maximum atomic E-state index is 12.1. The molecule has 1 aliphatic carbocycles. The highest BCUT2D eigenvalue weighted by molar-refractivity contribution is 6.32. The van der Waals surface area contributed by atoms with Gasteiger partial charge in [0.25, 0.3) is 5.91 Å². The molecule has 7 nitrogen and oxygen atoms in total. The molecule has 0 unspecified atom stereocenters. The molecule has 1 fully saturated rings. The lowest BCUT2D eigenvalue weighted by molar-refractivity contribution is -0.385. The molecule has 1 aromatic heterocycles. The Morgan fingerprint density at radius 2 is 2.14 bits per heavy atom. The number of aliphatic hydroxyl groups is 1. The third-order valence-corrected chi connectivity index (χ3v) is 3.95. The predicted molar refractivity (Wildman–Crippen MR) is 76.2 cm³/mol. The minimum atomic E-state index is -0.707. The average Bonchev–Trinajstić information content (AvgIpc) is 2.45. The van der Waals surface area contributed by atoms with Gasteiger partial charge in [-0.25, -0.2) is 4.98 Å². The normalized spacial score (nSPS) is 21.8. The highest BCUT2D eigenvalue weighted by atomic mass is 35.5. The van der Waals surface area contributed by atoms with Gasteiger partial charge in [-0.2, -0.15) is 0 Å². The predicted octanol–water partition coefficient (Wildman–Crippen LogP) is 1.92. The first-order valence-electron chi connectivity index (χ1n) is 6.74. The minimum absolute atomic E-state index is 0.0872. The van der Waals surface area contributed by atoms with Crippen LogP contribution in [0, 0.1) is 16.0 Å². The summed E-state index contributed by atoms with van der Waals surface area (Å²) in [5.74, 6) is -0.245. The van der Waals surface area contributed by atoms with Crippen LogP contribution in [0.15, 0.2) is 12.3 Å². The topological polar surface area (TPSA) is 105 Å². The van der Waals surface area contributed by atoms with Gasteiger partial charge in [0.15, 0.2) is 0 Å². The number of hydrogen-bond acceptors (Lipinski definition) is 5. The van der Waals surface area contributed by atoms with Crippen molar-refractivity contribution in [2.75, 3.05) is 6.54 Å². The second-order valence-corrected chi connectivity index (χ2v) is 5.50. The van der Waals surface area contributed by atoms with Gasteiger partial charge < -0.3 is 10.4 Å². The van der Waals surface area contributed by atoms with Crippen LogP contribution in [-0.2, 0) is 0 Å². The molecule has 1 amide bonds. The number of rotatable bonds is 4. The van der Waals surface area contributed by atoms with Crippen molar-refractivity contribution in [3.8, 4) is 0 Å². The highest BCUT2D eigenvalue weighted by Crippen LogP contribution is 2.26. The van der Waals surface area contributed by atoms with Gasteiger partial charge in [-0.1, -0.05) is 11.6 Å². The molecule has 114 valence electrons. The SMILES string of the molecule is O=C(NCC1CCC(O)CC1)c1ccnc(Cl)c1[N+](=O)[O-]. The summed E-state index contributed by atoms with van der Waals surface area (Å²) < 4.78 is 0. The van der Waals surface area contributed by atoms with Gasteiger partial charge in [0.2, 0.25) is 5.15 Å². The molecule has 0 aliphatic heterocycles. The minimum Gasteiger partial charge on any atom is -0.393 e. The number of halogens is 1. The maximum absolute atomic E-state index is 12.1. The van der Waals surface area contributed by atoms with Gasteiger partial charge in [0, 0.05) is 12.7 Å². The number of pyridine rings is 1. The summed E-state index contributed by atoms with van der Waals surface area (Å²) in [6.45, 7) is 0.433. The van der Waals surface area contributed by atoms with Crippen LogP contribution < -0.4 is 5.32 Å². The van der Waals surface area contributed by atoms with E-state index in [0.717, 1.165) is 25.7 Å². The zero-order valence-corrected chi connectivity index (χ0v) is 12.0. The molecule has 0 saturated heterocycles. The molecule has 2 rings (SSSR count). The van der Waals surface area contributed by atoms with E-state index in [0.29, 0.717) is 6.54 Å². The monoisotopic (exact) mass is 313 g/mol. The van der Waals surface area contributed by atoms with Crippen molar-refractivity contribution in [2.24, 2.45) is 5.92 Å².